The van der Waals surface area contributed by atoms with Crippen LogP contribution in [0.3, 0.4) is 0 Å². The highest BCUT2D eigenvalue weighted by atomic mass is 35.5. The summed E-state index contributed by atoms with van der Waals surface area (Å²) in [5.41, 5.74) is 1.38. The first-order valence-corrected chi connectivity index (χ1v) is 7.76. The Balaban J connectivity index is 1.95. The fourth-order valence-corrected chi connectivity index (χ4v) is 3.04. The minimum atomic E-state index is -0.739. The largest absolute Gasteiger partial charge is 0.388 e. The number of aromatic nitrogens is 4. The second-order valence-electron chi connectivity index (χ2n) is 5.56. The van der Waals surface area contributed by atoms with Crippen molar-refractivity contribution in [3.8, 4) is 11.3 Å². The summed E-state index contributed by atoms with van der Waals surface area (Å²) >= 11 is 6.10. The number of aliphatic hydroxyl groups is 1. The highest BCUT2D eigenvalue weighted by Gasteiger charge is 2.29. The van der Waals surface area contributed by atoms with Crippen LogP contribution < -0.4 is 5.56 Å². The molecule has 0 saturated carbocycles. The molecule has 4 rings (SSSR count). The molecule has 24 heavy (non-hydrogen) atoms. The van der Waals surface area contributed by atoms with Crippen LogP contribution in [0.5, 0.6) is 0 Å². The lowest BCUT2D eigenvalue weighted by Crippen LogP contribution is -2.31. The molecule has 0 aliphatic carbocycles. The number of pyridine rings is 2. The third-order valence-electron chi connectivity index (χ3n) is 4.05. The van der Waals surface area contributed by atoms with Gasteiger partial charge in [0.15, 0.2) is 0 Å². The first kappa shape index (κ1) is 15.2. The van der Waals surface area contributed by atoms with Crippen LogP contribution in [0.15, 0.2) is 41.7 Å². The normalized spacial score (nSPS) is 20.6. The van der Waals surface area contributed by atoms with Crippen molar-refractivity contribution < 1.29 is 9.84 Å². The Bertz CT molecular complexity index is 961. The van der Waals surface area contributed by atoms with Gasteiger partial charge in [0.2, 0.25) is 0 Å². The van der Waals surface area contributed by atoms with E-state index in [1.54, 1.807) is 18.5 Å². The van der Waals surface area contributed by atoms with Crippen molar-refractivity contribution in [1.29, 1.82) is 0 Å². The molecule has 0 unspecified atom stereocenters. The van der Waals surface area contributed by atoms with E-state index in [0.29, 0.717) is 16.6 Å². The highest BCUT2D eigenvalue weighted by Crippen LogP contribution is 2.26. The van der Waals surface area contributed by atoms with Gasteiger partial charge in [0.1, 0.15) is 22.5 Å². The van der Waals surface area contributed by atoms with Crippen molar-refractivity contribution in [2.45, 2.75) is 12.1 Å². The smallest absolute Gasteiger partial charge is 0.261 e. The number of ether oxygens (including phenoxy) is 1. The Hall–Kier alpha value is -2.35. The minimum absolute atomic E-state index is 0.196. The molecule has 8 heteroatoms. The van der Waals surface area contributed by atoms with Crippen LogP contribution in [-0.2, 0) is 4.74 Å². The molecule has 4 heterocycles. The van der Waals surface area contributed by atoms with Gasteiger partial charge in [-0.15, -0.1) is 0 Å². The lowest BCUT2D eigenvalue weighted by Gasteiger charge is -2.16. The van der Waals surface area contributed by atoms with E-state index in [2.05, 4.69) is 15.0 Å². The zero-order chi connectivity index (χ0) is 16.7. The molecule has 2 atom stereocenters. The topological polar surface area (TPSA) is 90.1 Å². The van der Waals surface area contributed by atoms with Crippen molar-refractivity contribution in [2.75, 3.05) is 13.2 Å². The summed E-state index contributed by atoms with van der Waals surface area (Å²) in [4.78, 5) is 25.6. The summed E-state index contributed by atoms with van der Waals surface area (Å²) in [6.07, 6.45) is 3.97. The zero-order valence-corrected chi connectivity index (χ0v) is 13.2. The van der Waals surface area contributed by atoms with Gasteiger partial charge in [-0.25, -0.2) is 9.97 Å². The minimum Gasteiger partial charge on any atom is -0.388 e. The molecule has 1 aliphatic rings. The monoisotopic (exact) mass is 344 g/mol. The molecule has 0 radical (unpaired) electrons. The number of hydrogen-bond donors (Lipinski definition) is 1. The molecule has 1 aliphatic heterocycles. The maximum atomic E-state index is 12.9. The number of rotatable bonds is 2. The summed E-state index contributed by atoms with van der Waals surface area (Å²) in [5.74, 6) is 0. The van der Waals surface area contributed by atoms with E-state index >= 15 is 0 Å². The van der Waals surface area contributed by atoms with E-state index in [1.165, 1.54) is 17.0 Å². The van der Waals surface area contributed by atoms with Gasteiger partial charge < -0.3 is 9.84 Å². The average molecular weight is 345 g/mol. The summed E-state index contributed by atoms with van der Waals surface area (Å²) in [5, 5.41) is 10.5. The summed E-state index contributed by atoms with van der Waals surface area (Å²) in [6.45, 7) is 0.468. The van der Waals surface area contributed by atoms with Gasteiger partial charge >= 0.3 is 0 Å². The molecule has 7 nitrogen and oxygen atoms in total. The number of hydrogen-bond acceptors (Lipinski definition) is 6. The predicted molar refractivity (Wildman–Crippen MR) is 87.9 cm³/mol. The molecule has 0 amide bonds. The van der Waals surface area contributed by atoms with Crippen molar-refractivity contribution >= 4 is 22.5 Å². The number of aliphatic hydroxyl groups excluding tert-OH is 1. The first-order chi connectivity index (χ1) is 11.6. The van der Waals surface area contributed by atoms with Crippen LogP contribution in [0.25, 0.3) is 22.2 Å². The van der Waals surface area contributed by atoms with Crippen molar-refractivity contribution in [1.82, 2.24) is 19.5 Å². The van der Waals surface area contributed by atoms with Gasteiger partial charge in [0, 0.05) is 18.0 Å². The molecule has 1 saturated heterocycles. The molecule has 1 fully saturated rings. The van der Waals surface area contributed by atoms with E-state index in [9.17, 15) is 9.90 Å². The maximum absolute atomic E-state index is 12.9. The Morgan fingerprint density at radius 1 is 1.38 bits per heavy atom. The molecular weight excluding hydrogens is 332 g/mol. The van der Waals surface area contributed by atoms with Gasteiger partial charge in [-0.05, 0) is 18.2 Å². The quantitative estimate of drug-likeness (QED) is 0.707. The second kappa shape index (κ2) is 5.94. The molecule has 0 aromatic carbocycles. The Morgan fingerprint density at radius 3 is 2.96 bits per heavy atom. The van der Waals surface area contributed by atoms with Gasteiger partial charge in [-0.1, -0.05) is 11.6 Å². The Kier molecular flexibility index (Phi) is 3.76. The van der Waals surface area contributed by atoms with E-state index in [4.69, 9.17) is 16.3 Å². The molecule has 3 aromatic rings. The Labute approximate surface area is 141 Å². The van der Waals surface area contributed by atoms with Crippen molar-refractivity contribution in [2.24, 2.45) is 0 Å². The van der Waals surface area contributed by atoms with Gasteiger partial charge in [-0.3, -0.25) is 14.3 Å². The molecule has 0 bridgehead atoms. The van der Waals surface area contributed by atoms with Crippen LogP contribution >= 0.6 is 11.6 Å². The fraction of sp³-hybridized carbons (Fsp3) is 0.250. The molecule has 122 valence electrons. The van der Waals surface area contributed by atoms with E-state index in [-0.39, 0.29) is 23.9 Å². The first-order valence-electron chi connectivity index (χ1n) is 7.39. The SMILES string of the molecule is O=c1c2cc(Cl)nc(-c3cccnc3)c2ncn1[C@H]1COC[C@H]1O. The van der Waals surface area contributed by atoms with E-state index < -0.39 is 12.1 Å². The van der Waals surface area contributed by atoms with Crippen LogP contribution in [0, 0.1) is 0 Å². The fourth-order valence-electron chi connectivity index (χ4n) is 2.85. The molecular formula is C16H13ClN4O3. The summed E-state index contributed by atoms with van der Waals surface area (Å²) in [6, 6.07) is 4.64. The Morgan fingerprint density at radius 2 is 2.25 bits per heavy atom. The van der Waals surface area contributed by atoms with Crippen LogP contribution in [0.1, 0.15) is 6.04 Å². The lowest BCUT2D eigenvalue weighted by molar-refractivity contribution is 0.119. The predicted octanol–water partition coefficient (Wildman–Crippen LogP) is 1.44. The van der Waals surface area contributed by atoms with Crippen LogP contribution in [0.4, 0.5) is 0 Å². The van der Waals surface area contributed by atoms with E-state index in [0.717, 1.165) is 5.56 Å². The molecule has 3 aromatic heterocycles. The number of halogens is 1. The highest BCUT2D eigenvalue weighted by molar-refractivity contribution is 6.30. The summed E-state index contributed by atoms with van der Waals surface area (Å²) < 4.78 is 6.62. The zero-order valence-electron chi connectivity index (χ0n) is 12.5. The molecule has 1 N–H and O–H groups in total. The van der Waals surface area contributed by atoms with Crippen LogP contribution in [0.2, 0.25) is 5.15 Å². The second-order valence-corrected chi connectivity index (χ2v) is 5.95. The average Bonchev–Trinajstić information content (AvgIpc) is 3.02. The lowest BCUT2D eigenvalue weighted by atomic mass is 10.1. The number of nitrogens with zero attached hydrogens (tertiary/aromatic N) is 4. The number of fused-ring (bicyclic) bond motifs is 1. The standard InChI is InChI=1S/C16H13ClN4O3/c17-13-4-10-15(14(20-13)9-2-1-3-18-5-9)19-8-21(16(10)23)11-6-24-7-12(11)22/h1-5,8,11-12,22H,6-7H2/t11-,12+/m0/s1. The van der Waals surface area contributed by atoms with Crippen LogP contribution in [-0.4, -0.2) is 43.9 Å². The summed E-state index contributed by atoms with van der Waals surface area (Å²) in [7, 11) is 0. The third kappa shape index (κ3) is 2.47. The third-order valence-corrected chi connectivity index (χ3v) is 4.24. The van der Waals surface area contributed by atoms with Gasteiger partial charge in [0.05, 0.1) is 31.0 Å². The van der Waals surface area contributed by atoms with Gasteiger partial charge in [0.25, 0.3) is 5.56 Å². The van der Waals surface area contributed by atoms with Gasteiger partial charge in [-0.2, -0.15) is 0 Å². The maximum Gasteiger partial charge on any atom is 0.261 e. The molecule has 0 spiro atoms. The van der Waals surface area contributed by atoms with Crippen molar-refractivity contribution in [3.63, 3.8) is 0 Å². The van der Waals surface area contributed by atoms with Crippen molar-refractivity contribution in [3.05, 3.63) is 52.4 Å². The van der Waals surface area contributed by atoms with E-state index in [1.807, 2.05) is 6.07 Å².